The first kappa shape index (κ1) is 50.2. The Morgan fingerprint density at radius 1 is 0.585 bits per heavy atom. The Balaban J connectivity index is 4.29. The number of nitrogens with two attached hydrogens (primary N) is 1. The maximum Gasteiger partial charge on any atom is 0.472 e. The van der Waals surface area contributed by atoms with Gasteiger partial charge in [0.25, 0.3) is 0 Å². The van der Waals surface area contributed by atoms with Crippen molar-refractivity contribution in [3.63, 3.8) is 0 Å². The van der Waals surface area contributed by atoms with E-state index in [0.717, 1.165) is 64.2 Å². The Morgan fingerprint density at radius 3 is 1.53 bits per heavy atom. The maximum absolute atomic E-state index is 12.5. The Kier molecular flexibility index (Phi) is 36.8. The van der Waals surface area contributed by atoms with E-state index in [1.807, 2.05) is 6.08 Å². The summed E-state index contributed by atoms with van der Waals surface area (Å²) < 4.78 is 32.6. The van der Waals surface area contributed by atoms with Gasteiger partial charge in [-0.3, -0.25) is 18.6 Å². The smallest absolute Gasteiger partial charge is 0.462 e. The second-order valence-corrected chi connectivity index (χ2v) is 14.2. The average molecular weight is 762 g/mol. The molecule has 0 aromatic rings. The quantitative estimate of drug-likeness (QED) is 0.0277. The number of hydrogen-bond donors (Lipinski definition) is 2. The second-order valence-electron chi connectivity index (χ2n) is 12.8. The normalized spacial score (nSPS) is 14.3. The lowest BCUT2D eigenvalue weighted by Gasteiger charge is -2.19. The summed E-state index contributed by atoms with van der Waals surface area (Å²) in [5, 5.41) is 0. The molecule has 0 radical (unpaired) electrons. The molecule has 2 atom stereocenters. The molecule has 0 aromatic heterocycles. The van der Waals surface area contributed by atoms with Gasteiger partial charge in [-0.15, -0.1) is 0 Å². The molecule has 302 valence electrons. The van der Waals surface area contributed by atoms with E-state index in [4.69, 9.17) is 24.3 Å². The first-order valence-electron chi connectivity index (χ1n) is 20.1. The number of unbranched alkanes of at least 4 members (excludes halogenated alkanes) is 9. The van der Waals surface area contributed by atoms with Crippen LogP contribution in [0.1, 0.15) is 142 Å². The van der Waals surface area contributed by atoms with Crippen LogP contribution in [0, 0.1) is 0 Å². The van der Waals surface area contributed by atoms with Crippen LogP contribution in [0.4, 0.5) is 0 Å². The Labute approximate surface area is 322 Å². The van der Waals surface area contributed by atoms with Crippen molar-refractivity contribution in [2.75, 3.05) is 26.4 Å². The van der Waals surface area contributed by atoms with Crippen LogP contribution in [0.3, 0.4) is 0 Å². The highest BCUT2D eigenvalue weighted by Crippen LogP contribution is 2.43. The van der Waals surface area contributed by atoms with Crippen molar-refractivity contribution in [3.05, 3.63) is 85.1 Å². The van der Waals surface area contributed by atoms with Crippen LogP contribution < -0.4 is 5.73 Å². The first-order valence-corrected chi connectivity index (χ1v) is 21.6. The van der Waals surface area contributed by atoms with Gasteiger partial charge in [0.15, 0.2) is 6.10 Å². The molecule has 0 aliphatic heterocycles. The molecule has 9 nitrogen and oxygen atoms in total. The Hall–Kier alpha value is -2.81. The highest BCUT2D eigenvalue weighted by atomic mass is 31.2. The summed E-state index contributed by atoms with van der Waals surface area (Å²) >= 11 is 0. The SMILES string of the molecule is CC/C=C\C/C=C\C/C=C\C/C=C\C/C=C\C/C=C\C/C=C\CCCC(=O)OC(COC(=O)CCCCCCCCCCC)COP(=O)(O)OCCN. The number of hydrogen-bond acceptors (Lipinski definition) is 8. The minimum absolute atomic E-state index is 0.0403. The van der Waals surface area contributed by atoms with Gasteiger partial charge in [0, 0.05) is 19.4 Å². The lowest BCUT2D eigenvalue weighted by molar-refractivity contribution is -0.161. The van der Waals surface area contributed by atoms with E-state index >= 15 is 0 Å². The molecule has 0 bridgehead atoms. The highest BCUT2D eigenvalue weighted by molar-refractivity contribution is 7.47. The zero-order valence-corrected chi connectivity index (χ0v) is 33.9. The third-order valence-electron chi connectivity index (χ3n) is 7.80. The molecular weight excluding hydrogens is 689 g/mol. The summed E-state index contributed by atoms with van der Waals surface area (Å²) in [6.07, 6.45) is 47.7. The molecule has 0 aliphatic rings. The van der Waals surface area contributed by atoms with Gasteiger partial charge in [-0.25, -0.2) is 4.57 Å². The van der Waals surface area contributed by atoms with E-state index in [1.54, 1.807) is 0 Å². The molecule has 0 aliphatic carbocycles. The summed E-state index contributed by atoms with van der Waals surface area (Å²) in [6, 6.07) is 0. The fourth-order valence-corrected chi connectivity index (χ4v) is 5.62. The fourth-order valence-electron chi connectivity index (χ4n) is 4.86. The van der Waals surface area contributed by atoms with Crippen molar-refractivity contribution in [2.45, 2.75) is 148 Å². The van der Waals surface area contributed by atoms with Crippen LogP contribution in [0.15, 0.2) is 85.1 Å². The van der Waals surface area contributed by atoms with Gasteiger partial charge in [-0.1, -0.05) is 150 Å². The molecule has 0 fully saturated rings. The van der Waals surface area contributed by atoms with Crippen molar-refractivity contribution in [1.29, 1.82) is 0 Å². The molecule has 0 aromatic carbocycles. The number of phosphoric ester groups is 1. The Morgan fingerprint density at radius 2 is 1.04 bits per heavy atom. The number of rotatable bonds is 36. The number of allylic oxidation sites excluding steroid dienone is 14. The molecule has 0 rings (SSSR count). The van der Waals surface area contributed by atoms with Gasteiger partial charge in [0.1, 0.15) is 6.61 Å². The lowest BCUT2D eigenvalue weighted by atomic mass is 10.1. The topological polar surface area (TPSA) is 134 Å². The largest absolute Gasteiger partial charge is 0.472 e. The number of carbonyl (C=O) groups is 2. The number of ether oxygens (including phenoxy) is 2. The van der Waals surface area contributed by atoms with Crippen molar-refractivity contribution in [1.82, 2.24) is 0 Å². The molecule has 3 N–H and O–H groups in total. The summed E-state index contributed by atoms with van der Waals surface area (Å²) in [4.78, 5) is 34.7. The predicted molar refractivity (Wildman–Crippen MR) is 219 cm³/mol. The molecule has 10 heteroatoms. The average Bonchev–Trinajstić information content (AvgIpc) is 3.14. The van der Waals surface area contributed by atoms with E-state index < -0.39 is 32.5 Å². The van der Waals surface area contributed by atoms with Crippen LogP contribution >= 0.6 is 7.82 Å². The molecule has 0 amide bonds. The maximum atomic E-state index is 12.5. The summed E-state index contributed by atoms with van der Waals surface area (Å²) in [6.45, 7) is 3.49. The number of esters is 2. The van der Waals surface area contributed by atoms with Crippen LogP contribution in [-0.2, 0) is 32.7 Å². The van der Waals surface area contributed by atoms with Gasteiger partial charge in [-0.05, 0) is 64.2 Å². The van der Waals surface area contributed by atoms with Crippen LogP contribution in [0.2, 0.25) is 0 Å². The number of carbonyl (C=O) groups excluding carboxylic acids is 2. The zero-order valence-electron chi connectivity index (χ0n) is 33.0. The standard InChI is InChI=1S/C43H72NO8P/c1-3-5-7-9-11-13-14-15-16-17-18-19-20-21-22-23-24-25-26-28-30-32-34-36-43(46)52-41(40-51-53(47,48)50-38-37-44)39-49-42(45)35-33-31-29-27-12-10-8-6-4-2/h5,7,11,13,15-16,18-19,21-22,24-25,28,30,41H,3-4,6,8-10,12,14,17,20,23,26-27,29,31-40,44H2,1-2H3,(H,47,48)/b7-5-,13-11-,16-15-,19-18-,22-21-,25-24-,30-28-. The molecule has 0 saturated carbocycles. The van der Waals surface area contributed by atoms with Gasteiger partial charge in [0.05, 0.1) is 13.2 Å². The zero-order chi connectivity index (χ0) is 38.9. The van der Waals surface area contributed by atoms with Crippen LogP contribution in [0.5, 0.6) is 0 Å². The first-order chi connectivity index (χ1) is 25.8. The molecular formula is C43H72NO8P. The van der Waals surface area contributed by atoms with Crippen molar-refractivity contribution in [2.24, 2.45) is 5.73 Å². The molecule has 2 unspecified atom stereocenters. The summed E-state index contributed by atoms with van der Waals surface area (Å²) in [5.41, 5.74) is 5.32. The Bertz CT molecular complexity index is 1140. The van der Waals surface area contributed by atoms with Crippen LogP contribution in [0.25, 0.3) is 0 Å². The lowest BCUT2D eigenvalue weighted by Crippen LogP contribution is -2.29. The van der Waals surface area contributed by atoms with Crippen molar-refractivity contribution in [3.8, 4) is 0 Å². The highest BCUT2D eigenvalue weighted by Gasteiger charge is 2.25. The van der Waals surface area contributed by atoms with E-state index in [9.17, 15) is 19.0 Å². The third kappa shape index (κ3) is 38.7. The molecule has 53 heavy (non-hydrogen) atoms. The van der Waals surface area contributed by atoms with E-state index in [2.05, 4.69) is 92.8 Å². The monoisotopic (exact) mass is 761 g/mol. The van der Waals surface area contributed by atoms with Gasteiger partial charge in [0.2, 0.25) is 0 Å². The second kappa shape index (κ2) is 38.9. The van der Waals surface area contributed by atoms with E-state index in [-0.39, 0.29) is 32.6 Å². The van der Waals surface area contributed by atoms with E-state index in [0.29, 0.717) is 12.8 Å². The predicted octanol–water partition coefficient (Wildman–Crippen LogP) is 11.3. The summed E-state index contributed by atoms with van der Waals surface area (Å²) in [5.74, 6) is -0.910. The van der Waals surface area contributed by atoms with Gasteiger partial charge >= 0.3 is 19.8 Å². The van der Waals surface area contributed by atoms with Gasteiger partial charge < -0.3 is 20.1 Å². The number of phosphoric acid groups is 1. The third-order valence-corrected chi connectivity index (χ3v) is 8.78. The minimum Gasteiger partial charge on any atom is -0.462 e. The van der Waals surface area contributed by atoms with Crippen molar-refractivity contribution >= 4 is 19.8 Å². The summed E-state index contributed by atoms with van der Waals surface area (Å²) in [7, 11) is -4.39. The molecule has 0 spiro atoms. The van der Waals surface area contributed by atoms with Crippen molar-refractivity contribution < 1.29 is 37.6 Å². The van der Waals surface area contributed by atoms with Crippen LogP contribution in [-0.4, -0.2) is 49.3 Å². The van der Waals surface area contributed by atoms with Gasteiger partial charge in [-0.2, -0.15) is 0 Å². The molecule has 0 saturated heterocycles. The van der Waals surface area contributed by atoms with E-state index in [1.165, 1.54) is 38.5 Å². The fraction of sp³-hybridized carbons (Fsp3) is 0.628. The molecule has 0 heterocycles. The minimum atomic E-state index is -4.39.